The molecule has 0 radical (unpaired) electrons. The van der Waals surface area contributed by atoms with Gasteiger partial charge in [-0.15, -0.1) is 0 Å². The standard InChI is InChI=1S/C26H30N2O7/c1-34-24(30)14-13-22(25(31)32)28-23(29)12-6-7-15-27-26(33)35-16-21-19-10-4-2-8-17(19)18-9-3-5-11-20(18)21/h2-5,8-11,21-22H,6-7,12-16H2,1H3,(H,27,33)(H,28,29)(H,31,32). The lowest BCUT2D eigenvalue weighted by atomic mass is 9.98. The Labute approximate surface area is 203 Å². The highest BCUT2D eigenvalue weighted by molar-refractivity contribution is 5.84. The number of esters is 1. The SMILES string of the molecule is COC(=O)CCC(NC(=O)CCCCNC(=O)OCC1c2ccccc2-c2ccccc21)C(=O)O. The summed E-state index contributed by atoms with van der Waals surface area (Å²) in [5.74, 6) is -2.19. The summed E-state index contributed by atoms with van der Waals surface area (Å²) < 4.78 is 9.95. The minimum absolute atomic E-state index is 0.0155. The summed E-state index contributed by atoms with van der Waals surface area (Å²) in [7, 11) is 1.22. The monoisotopic (exact) mass is 482 g/mol. The molecule has 2 aromatic rings. The molecular weight excluding hydrogens is 452 g/mol. The highest BCUT2D eigenvalue weighted by atomic mass is 16.5. The fraction of sp³-hybridized carbons (Fsp3) is 0.385. The molecule has 0 aliphatic heterocycles. The van der Waals surface area contributed by atoms with Gasteiger partial charge in [-0.3, -0.25) is 9.59 Å². The van der Waals surface area contributed by atoms with Gasteiger partial charge in [0.1, 0.15) is 12.6 Å². The fourth-order valence-corrected chi connectivity index (χ4v) is 4.14. The smallest absolute Gasteiger partial charge is 0.407 e. The van der Waals surface area contributed by atoms with Crippen molar-refractivity contribution in [2.45, 2.75) is 44.1 Å². The van der Waals surface area contributed by atoms with E-state index in [2.05, 4.69) is 39.6 Å². The third-order valence-corrected chi connectivity index (χ3v) is 5.94. The minimum Gasteiger partial charge on any atom is -0.480 e. The second-order valence-electron chi connectivity index (χ2n) is 8.28. The van der Waals surface area contributed by atoms with Crippen LogP contribution in [-0.2, 0) is 23.9 Å². The molecule has 0 saturated heterocycles. The van der Waals surface area contributed by atoms with Crippen LogP contribution in [0.1, 0.15) is 49.1 Å². The second-order valence-corrected chi connectivity index (χ2v) is 8.28. The van der Waals surface area contributed by atoms with Crippen LogP contribution in [0.2, 0.25) is 0 Å². The van der Waals surface area contributed by atoms with Crippen LogP contribution in [0.5, 0.6) is 0 Å². The zero-order valence-electron chi connectivity index (χ0n) is 19.6. The molecule has 186 valence electrons. The maximum Gasteiger partial charge on any atom is 0.407 e. The molecule has 0 bridgehead atoms. The molecule has 2 aromatic carbocycles. The second kappa shape index (κ2) is 12.5. The van der Waals surface area contributed by atoms with Crippen LogP contribution in [0.15, 0.2) is 48.5 Å². The van der Waals surface area contributed by atoms with E-state index in [1.165, 1.54) is 7.11 Å². The van der Waals surface area contributed by atoms with Gasteiger partial charge in [0.05, 0.1) is 7.11 Å². The van der Waals surface area contributed by atoms with E-state index in [1.807, 2.05) is 24.3 Å². The minimum atomic E-state index is -1.21. The van der Waals surface area contributed by atoms with E-state index in [0.29, 0.717) is 19.4 Å². The van der Waals surface area contributed by atoms with Crippen molar-refractivity contribution < 1.29 is 33.8 Å². The van der Waals surface area contributed by atoms with E-state index in [0.717, 1.165) is 22.3 Å². The fourth-order valence-electron chi connectivity index (χ4n) is 4.14. The Balaban J connectivity index is 1.35. The number of carbonyl (C=O) groups excluding carboxylic acids is 3. The quantitative estimate of drug-likeness (QED) is 0.313. The number of unbranched alkanes of at least 4 members (excludes halogenated alkanes) is 1. The third-order valence-electron chi connectivity index (χ3n) is 5.94. The number of hydrogen-bond donors (Lipinski definition) is 3. The molecule has 0 heterocycles. The molecule has 0 spiro atoms. The van der Waals surface area contributed by atoms with E-state index in [1.54, 1.807) is 0 Å². The van der Waals surface area contributed by atoms with E-state index in [9.17, 15) is 24.3 Å². The molecule has 9 nitrogen and oxygen atoms in total. The summed E-state index contributed by atoms with van der Waals surface area (Å²) >= 11 is 0. The average Bonchev–Trinajstić information content (AvgIpc) is 3.18. The summed E-state index contributed by atoms with van der Waals surface area (Å²) in [4.78, 5) is 46.6. The van der Waals surface area contributed by atoms with E-state index < -0.39 is 30.0 Å². The van der Waals surface area contributed by atoms with Gasteiger partial charge >= 0.3 is 18.0 Å². The van der Waals surface area contributed by atoms with Crippen LogP contribution < -0.4 is 10.6 Å². The molecule has 35 heavy (non-hydrogen) atoms. The van der Waals surface area contributed by atoms with Crippen LogP contribution in [0, 0.1) is 0 Å². The van der Waals surface area contributed by atoms with Crippen molar-refractivity contribution in [3.8, 4) is 11.1 Å². The first-order valence-corrected chi connectivity index (χ1v) is 11.6. The van der Waals surface area contributed by atoms with Gasteiger partial charge in [-0.05, 0) is 41.5 Å². The van der Waals surface area contributed by atoms with Gasteiger partial charge in [-0.25, -0.2) is 9.59 Å². The van der Waals surface area contributed by atoms with Crippen LogP contribution >= 0.6 is 0 Å². The summed E-state index contributed by atoms with van der Waals surface area (Å²) in [6.45, 7) is 0.555. The molecule has 1 aliphatic rings. The Hall–Kier alpha value is -3.88. The number of carboxylic acid groups (broad SMARTS) is 1. The highest BCUT2D eigenvalue weighted by Crippen LogP contribution is 2.44. The van der Waals surface area contributed by atoms with Gasteiger partial charge < -0.3 is 25.2 Å². The van der Waals surface area contributed by atoms with E-state index >= 15 is 0 Å². The Morgan fingerprint density at radius 3 is 2.17 bits per heavy atom. The number of ether oxygens (including phenoxy) is 2. The topological polar surface area (TPSA) is 131 Å². The van der Waals surface area contributed by atoms with Gasteiger partial charge in [0, 0.05) is 25.3 Å². The van der Waals surface area contributed by atoms with Crippen LogP contribution in [0.3, 0.4) is 0 Å². The van der Waals surface area contributed by atoms with Crippen LogP contribution in [0.4, 0.5) is 4.79 Å². The molecule has 1 aliphatic carbocycles. The van der Waals surface area contributed by atoms with Crippen molar-refractivity contribution in [1.29, 1.82) is 0 Å². The maximum atomic E-state index is 12.2. The lowest BCUT2D eigenvalue weighted by Gasteiger charge is -2.15. The number of amides is 2. The van der Waals surface area contributed by atoms with Crippen LogP contribution in [-0.4, -0.2) is 55.3 Å². The molecular formula is C26H30N2O7. The number of carbonyl (C=O) groups is 4. The van der Waals surface area contributed by atoms with E-state index in [-0.39, 0.29) is 31.8 Å². The zero-order valence-corrected chi connectivity index (χ0v) is 19.6. The number of aliphatic carboxylic acids is 1. The van der Waals surface area contributed by atoms with Gasteiger partial charge in [0.2, 0.25) is 5.91 Å². The summed E-state index contributed by atoms with van der Waals surface area (Å²) in [5.41, 5.74) is 4.59. The molecule has 1 atom stereocenters. The van der Waals surface area contributed by atoms with Crippen molar-refractivity contribution in [3.05, 3.63) is 59.7 Å². The highest BCUT2D eigenvalue weighted by Gasteiger charge is 2.29. The predicted octanol–water partition coefficient (Wildman–Crippen LogP) is 3.22. The summed E-state index contributed by atoms with van der Waals surface area (Å²) in [5, 5.41) is 14.3. The number of carboxylic acids is 1. The Morgan fingerprint density at radius 2 is 1.57 bits per heavy atom. The van der Waals surface area contributed by atoms with Gasteiger partial charge in [-0.2, -0.15) is 0 Å². The van der Waals surface area contributed by atoms with Gasteiger partial charge in [0.25, 0.3) is 0 Å². The number of methoxy groups -OCH3 is 1. The van der Waals surface area contributed by atoms with E-state index in [4.69, 9.17) is 4.74 Å². The number of rotatable bonds is 12. The molecule has 0 fully saturated rings. The molecule has 2 amide bonds. The molecule has 9 heteroatoms. The Kier molecular flexibility index (Phi) is 9.23. The van der Waals surface area contributed by atoms with Gasteiger partial charge in [-0.1, -0.05) is 48.5 Å². The molecule has 3 N–H and O–H groups in total. The van der Waals surface area contributed by atoms with Crippen molar-refractivity contribution >= 4 is 23.9 Å². The first-order chi connectivity index (χ1) is 16.9. The predicted molar refractivity (Wildman–Crippen MR) is 128 cm³/mol. The van der Waals surface area contributed by atoms with Crippen molar-refractivity contribution in [2.24, 2.45) is 0 Å². The lowest BCUT2D eigenvalue weighted by Crippen LogP contribution is -2.41. The first kappa shape index (κ1) is 25.7. The Morgan fingerprint density at radius 1 is 0.943 bits per heavy atom. The van der Waals surface area contributed by atoms with Crippen molar-refractivity contribution in [3.63, 3.8) is 0 Å². The molecule has 0 saturated carbocycles. The van der Waals surface area contributed by atoms with Crippen molar-refractivity contribution in [2.75, 3.05) is 20.3 Å². The summed E-state index contributed by atoms with van der Waals surface area (Å²) in [6, 6.07) is 15.0. The molecule has 3 rings (SSSR count). The number of fused-ring (bicyclic) bond motifs is 3. The zero-order chi connectivity index (χ0) is 25.2. The average molecular weight is 483 g/mol. The normalized spacial score (nSPS) is 12.7. The van der Waals surface area contributed by atoms with Gasteiger partial charge in [0.15, 0.2) is 0 Å². The lowest BCUT2D eigenvalue weighted by molar-refractivity contribution is -0.144. The number of hydrogen-bond acceptors (Lipinski definition) is 6. The maximum absolute atomic E-state index is 12.2. The third kappa shape index (κ3) is 7.05. The molecule has 0 aromatic heterocycles. The molecule has 1 unspecified atom stereocenters. The largest absolute Gasteiger partial charge is 0.480 e. The van der Waals surface area contributed by atoms with Crippen molar-refractivity contribution in [1.82, 2.24) is 10.6 Å². The Bertz CT molecular complexity index is 1020. The number of benzene rings is 2. The number of nitrogens with one attached hydrogen (secondary N) is 2. The summed E-state index contributed by atoms with van der Waals surface area (Å²) in [6.07, 6.45) is 0.421. The first-order valence-electron chi connectivity index (χ1n) is 11.6. The van der Waals surface area contributed by atoms with Crippen LogP contribution in [0.25, 0.3) is 11.1 Å². The number of alkyl carbamates (subject to hydrolysis) is 1.